The van der Waals surface area contributed by atoms with E-state index in [-0.39, 0.29) is 5.91 Å². The van der Waals surface area contributed by atoms with Crippen molar-refractivity contribution >= 4 is 16.8 Å². The lowest BCUT2D eigenvalue weighted by molar-refractivity contribution is -0.132. The van der Waals surface area contributed by atoms with Crippen LogP contribution in [-0.4, -0.2) is 46.9 Å². The molecule has 1 unspecified atom stereocenters. The highest BCUT2D eigenvalue weighted by Crippen LogP contribution is 2.23. The Bertz CT molecular complexity index is 706. The highest BCUT2D eigenvalue weighted by molar-refractivity contribution is 5.84. The van der Waals surface area contributed by atoms with Crippen molar-refractivity contribution in [2.75, 3.05) is 20.1 Å². The SMILES string of the molecule is CCC1CCCCN1CC(=O)N(C)Cc1[nH]c2ccccc2c1C. The van der Waals surface area contributed by atoms with Crippen molar-refractivity contribution < 1.29 is 4.79 Å². The van der Waals surface area contributed by atoms with Gasteiger partial charge in [0.2, 0.25) is 5.91 Å². The van der Waals surface area contributed by atoms with Crippen molar-refractivity contribution in [1.29, 1.82) is 0 Å². The highest BCUT2D eigenvalue weighted by Gasteiger charge is 2.24. The van der Waals surface area contributed by atoms with Gasteiger partial charge in [0.05, 0.1) is 13.1 Å². The van der Waals surface area contributed by atoms with E-state index in [1.54, 1.807) is 0 Å². The van der Waals surface area contributed by atoms with E-state index in [0.29, 0.717) is 19.1 Å². The zero-order chi connectivity index (χ0) is 17.1. The fourth-order valence-electron chi connectivity index (χ4n) is 3.85. The molecule has 4 nitrogen and oxygen atoms in total. The molecule has 1 N–H and O–H groups in total. The number of carbonyl (C=O) groups is 1. The number of hydrogen-bond acceptors (Lipinski definition) is 2. The Kier molecular flexibility index (Phi) is 5.24. The number of para-hydroxylation sites is 1. The number of fused-ring (bicyclic) bond motifs is 1. The average molecular weight is 327 g/mol. The summed E-state index contributed by atoms with van der Waals surface area (Å²) in [4.78, 5) is 20.4. The number of carbonyl (C=O) groups excluding carboxylic acids is 1. The predicted molar refractivity (Wildman–Crippen MR) is 99.0 cm³/mol. The molecule has 1 aromatic heterocycles. The van der Waals surface area contributed by atoms with Crippen molar-refractivity contribution in [2.24, 2.45) is 0 Å². The van der Waals surface area contributed by atoms with Crippen LogP contribution in [0.15, 0.2) is 24.3 Å². The molecule has 4 heteroatoms. The number of aromatic nitrogens is 1. The minimum absolute atomic E-state index is 0.216. The first kappa shape index (κ1) is 17.0. The summed E-state index contributed by atoms with van der Waals surface area (Å²) < 4.78 is 0. The number of aryl methyl sites for hydroxylation is 1. The van der Waals surface area contributed by atoms with Gasteiger partial charge in [-0.25, -0.2) is 0 Å². The van der Waals surface area contributed by atoms with Gasteiger partial charge < -0.3 is 9.88 Å². The average Bonchev–Trinajstić information content (AvgIpc) is 2.91. The number of H-pyrrole nitrogens is 1. The molecule has 1 fully saturated rings. The molecule has 2 heterocycles. The van der Waals surface area contributed by atoms with Crippen LogP contribution in [0, 0.1) is 6.92 Å². The zero-order valence-electron chi connectivity index (χ0n) is 15.1. The first-order valence-electron chi connectivity index (χ1n) is 9.14. The van der Waals surface area contributed by atoms with E-state index in [1.165, 1.54) is 30.2 Å². The van der Waals surface area contributed by atoms with E-state index in [4.69, 9.17) is 0 Å². The van der Waals surface area contributed by atoms with Gasteiger partial charge in [0, 0.05) is 29.7 Å². The maximum absolute atomic E-state index is 12.7. The number of aromatic amines is 1. The first-order valence-corrected chi connectivity index (χ1v) is 9.14. The van der Waals surface area contributed by atoms with E-state index in [9.17, 15) is 4.79 Å². The lowest BCUT2D eigenvalue weighted by Crippen LogP contribution is -2.45. The van der Waals surface area contributed by atoms with Crippen LogP contribution in [0.5, 0.6) is 0 Å². The van der Waals surface area contributed by atoms with Crippen LogP contribution in [0.25, 0.3) is 10.9 Å². The maximum atomic E-state index is 12.7. The number of amides is 1. The largest absolute Gasteiger partial charge is 0.357 e. The fourth-order valence-corrected chi connectivity index (χ4v) is 3.85. The number of nitrogens with one attached hydrogen (secondary N) is 1. The Morgan fingerprint density at radius 1 is 1.33 bits per heavy atom. The second-order valence-electron chi connectivity index (χ2n) is 7.05. The van der Waals surface area contributed by atoms with E-state index < -0.39 is 0 Å². The van der Waals surface area contributed by atoms with Crippen molar-refractivity contribution in [3.8, 4) is 0 Å². The van der Waals surface area contributed by atoms with Gasteiger partial charge in [-0.3, -0.25) is 9.69 Å². The number of rotatable bonds is 5. The van der Waals surface area contributed by atoms with Crippen LogP contribution in [0.2, 0.25) is 0 Å². The third kappa shape index (κ3) is 3.48. The molecule has 0 spiro atoms. The molecule has 0 bridgehead atoms. The van der Waals surface area contributed by atoms with Gasteiger partial charge in [0.25, 0.3) is 0 Å². The predicted octanol–water partition coefficient (Wildman–Crippen LogP) is 3.70. The van der Waals surface area contributed by atoms with Crippen molar-refractivity contribution in [3.63, 3.8) is 0 Å². The number of likely N-dealkylation sites (tertiary alicyclic amines) is 1. The molecular formula is C20H29N3O. The number of nitrogens with zero attached hydrogens (tertiary/aromatic N) is 2. The van der Waals surface area contributed by atoms with Crippen LogP contribution >= 0.6 is 0 Å². The van der Waals surface area contributed by atoms with E-state index >= 15 is 0 Å². The van der Waals surface area contributed by atoms with Gasteiger partial charge in [-0.15, -0.1) is 0 Å². The van der Waals surface area contributed by atoms with Crippen LogP contribution in [0.4, 0.5) is 0 Å². The molecule has 0 aliphatic carbocycles. The number of likely N-dealkylation sites (N-methyl/N-ethyl adjacent to an activating group) is 1. The zero-order valence-corrected chi connectivity index (χ0v) is 15.1. The summed E-state index contributed by atoms with van der Waals surface area (Å²) >= 11 is 0. The van der Waals surface area contributed by atoms with Gasteiger partial charge in [0.15, 0.2) is 0 Å². The Labute approximate surface area is 144 Å². The van der Waals surface area contributed by atoms with Crippen molar-refractivity contribution in [1.82, 2.24) is 14.8 Å². The molecule has 0 saturated carbocycles. The lowest BCUT2D eigenvalue weighted by Gasteiger charge is -2.35. The summed E-state index contributed by atoms with van der Waals surface area (Å²) in [5.41, 5.74) is 3.53. The fraction of sp³-hybridized carbons (Fsp3) is 0.550. The van der Waals surface area contributed by atoms with Crippen LogP contribution in [0.3, 0.4) is 0 Å². The minimum Gasteiger partial charge on any atom is -0.357 e. The standard InChI is InChI=1S/C20H29N3O/c1-4-16-9-7-8-12-23(16)14-20(24)22(3)13-19-15(2)17-10-5-6-11-18(17)21-19/h5-6,10-11,16,21H,4,7-9,12-14H2,1-3H3. The second kappa shape index (κ2) is 7.39. The van der Waals surface area contributed by atoms with Crippen LogP contribution in [-0.2, 0) is 11.3 Å². The summed E-state index contributed by atoms with van der Waals surface area (Å²) in [6.45, 7) is 6.61. The summed E-state index contributed by atoms with van der Waals surface area (Å²) in [6, 6.07) is 8.89. The van der Waals surface area contributed by atoms with Gasteiger partial charge in [0.1, 0.15) is 0 Å². The number of hydrogen-bond donors (Lipinski definition) is 1. The molecule has 0 radical (unpaired) electrons. The van der Waals surface area contributed by atoms with Crippen molar-refractivity contribution in [3.05, 3.63) is 35.5 Å². The topological polar surface area (TPSA) is 39.3 Å². The van der Waals surface area contributed by atoms with Gasteiger partial charge in [-0.1, -0.05) is 31.5 Å². The summed E-state index contributed by atoms with van der Waals surface area (Å²) in [7, 11) is 1.91. The van der Waals surface area contributed by atoms with Crippen LogP contribution < -0.4 is 0 Å². The number of benzene rings is 1. The van der Waals surface area contributed by atoms with Crippen LogP contribution in [0.1, 0.15) is 43.9 Å². The molecule has 24 heavy (non-hydrogen) atoms. The Morgan fingerprint density at radius 2 is 2.12 bits per heavy atom. The summed E-state index contributed by atoms with van der Waals surface area (Å²) in [6.07, 6.45) is 4.88. The molecule has 1 amide bonds. The second-order valence-corrected chi connectivity index (χ2v) is 7.05. The summed E-state index contributed by atoms with van der Waals surface area (Å²) in [5.74, 6) is 0.216. The smallest absolute Gasteiger partial charge is 0.236 e. The Morgan fingerprint density at radius 3 is 2.88 bits per heavy atom. The van der Waals surface area contributed by atoms with E-state index in [2.05, 4.69) is 41.9 Å². The van der Waals surface area contributed by atoms with Gasteiger partial charge >= 0.3 is 0 Å². The quantitative estimate of drug-likeness (QED) is 0.909. The molecule has 1 aromatic carbocycles. The maximum Gasteiger partial charge on any atom is 0.236 e. The molecule has 1 saturated heterocycles. The molecular weight excluding hydrogens is 298 g/mol. The molecule has 1 aliphatic heterocycles. The first-order chi connectivity index (χ1) is 11.6. The lowest BCUT2D eigenvalue weighted by atomic mass is 10.00. The van der Waals surface area contributed by atoms with Crippen molar-refractivity contribution in [2.45, 2.75) is 52.1 Å². The molecule has 130 valence electrons. The van der Waals surface area contributed by atoms with Gasteiger partial charge in [-0.05, 0) is 44.4 Å². The molecule has 2 aromatic rings. The van der Waals surface area contributed by atoms with E-state index in [1.807, 2.05) is 18.0 Å². The molecule has 1 aliphatic rings. The normalized spacial score (nSPS) is 18.9. The minimum atomic E-state index is 0.216. The molecule has 3 rings (SSSR count). The Balaban J connectivity index is 1.66. The van der Waals surface area contributed by atoms with E-state index in [0.717, 1.165) is 24.2 Å². The van der Waals surface area contributed by atoms with Gasteiger partial charge in [-0.2, -0.15) is 0 Å². The highest BCUT2D eigenvalue weighted by atomic mass is 16.2. The third-order valence-corrected chi connectivity index (χ3v) is 5.45. The Hall–Kier alpha value is -1.81. The third-order valence-electron chi connectivity index (χ3n) is 5.45. The monoisotopic (exact) mass is 327 g/mol. The number of piperidine rings is 1. The summed E-state index contributed by atoms with van der Waals surface area (Å²) in [5, 5.41) is 1.25. The molecule has 1 atom stereocenters.